The number of thioether (sulfide) groups is 1. The number of anilines is 2. The molecule has 0 bridgehead atoms. The molecule has 8 heteroatoms. The van der Waals surface area contributed by atoms with Gasteiger partial charge < -0.3 is 19.7 Å². The molecule has 0 spiro atoms. The first-order valence-electron chi connectivity index (χ1n) is 9.84. The average Bonchev–Trinajstić information content (AvgIpc) is 3.32. The highest BCUT2D eigenvalue weighted by Crippen LogP contribution is 2.32. The number of amides is 1. The average molecular weight is 425 g/mol. The van der Waals surface area contributed by atoms with E-state index in [2.05, 4.69) is 10.2 Å². The molecule has 0 aliphatic carbocycles. The largest absolute Gasteiger partial charge is 0.497 e. The van der Waals surface area contributed by atoms with E-state index in [0.717, 1.165) is 47.8 Å². The number of hydrogen-bond acceptors (Lipinski definition) is 7. The highest BCUT2D eigenvalue weighted by Gasteiger charge is 2.20. The summed E-state index contributed by atoms with van der Waals surface area (Å²) in [5.41, 5.74) is 2.31. The lowest BCUT2D eigenvalue weighted by atomic mass is 10.2. The predicted octanol–water partition coefficient (Wildman–Crippen LogP) is 3.98. The Labute approximate surface area is 179 Å². The second-order valence-corrected chi connectivity index (χ2v) is 7.90. The minimum Gasteiger partial charge on any atom is -0.497 e. The number of benzene rings is 2. The van der Waals surface area contributed by atoms with Gasteiger partial charge in [0.25, 0.3) is 0 Å². The van der Waals surface area contributed by atoms with Crippen molar-refractivity contribution in [2.45, 2.75) is 17.9 Å². The lowest BCUT2D eigenvalue weighted by molar-refractivity contribution is -0.113. The standard InChI is InChI=1S/C22H24N4O3S/c1-28-15-9-10-18(19(13-15)29-2)23-20(27)14-30-22-21(26-11-5-6-12-26)24-16-7-3-4-8-17(16)25-22/h3-4,7-10,13H,5-6,11-12,14H2,1-2H3,(H,23,27). The number of ether oxygens (including phenoxy) is 2. The summed E-state index contributed by atoms with van der Waals surface area (Å²) in [5.74, 6) is 2.18. The number of carbonyl (C=O) groups excluding carboxylic acids is 1. The van der Waals surface area contributed by atoms with Gasteiger partial charge in [0.1, 0.15) is 16.5 Å². The van der Waals surface area contributed by atoms with E-state index >= 15 is 0 Å². The maximum Gasteiger partial charge on any atom is 0.234 e. The van der Waals surface area contributed by atoms with Crippen LogP contribution in [-0.4, -0.2) is 48.9 Å². The lowest BCUT2D eigenvalue weighted by Gasteiger charge is -2.19. The van der Waals surface area contributed by atoms with E-state index in [1.165, 1.54) is 11.8 Å². The predicted molar refractivity (Wildman–Crippen MR) is 120 cm³/mol. The van der Waals surface area contributed by atoms with E-state index in [9.17, 15) is 4.79 Å². The van der Waals surface area contributed by atoms with Crippen molar-refractivity contribution in [3.63, 3.8) is 0 Å². The van der Waals surface area contributed by atoms with Gasteiger partial charge in [0.05, 0.1) is 36.7 Å². The summed E-state index contributed by atoms with van der Waals surface area (Å²) in [5, 5.41) is 3.69. The van der Waals surface area contributed by atoms with Crippen molar-refractivity contribution in [3.8, 4) is 11.5 Å². The fraction of sp³-hybridized carbons (Fsp3) is 0.318. The highest BCUT2D eigenvalue weighted by atomic mass is 32.2. The molecule has 2 heterocycles. The van der Waals surface area contributed by atoms with Crippen LogP contribution in [0.25, 0.3) is 11.0 Å². The van der Waals surface area contributed by atoms with Gasteiger partial charge in [-0.2, -0.15) is 0 Å². The Morgan fingerprint density at radius 1 is 1.07 bits per heavy atom. The molecule has 1 aliphatic heterocycles. The minimum absolute atomic E-state index is 0.134. The van der Waals surface area contributed by atoms with E-state index in [4.69, 9.17) is 19.4 Å². The molecule has 2 aromatic carbocycles. The molecule has 1 aliphatic rings. The molecule has 156 valence electrons. The molecule has 1 aromatic heterocycles. The van der Waals surface area contributed by atoms with Crippen LogP contribution in [0.2, 0.25) is 0 Å². The van der Waals surface area contributed by atoms with Gasteiger partial charge in [-0.15, -0.1) is 0 Å². The normalized spacial score (nSPS) is 13.5. The zero-order valence-electron chi connectivity index (χ0n) is 17.1. The first-order valence-corrected chi connectivity index (χ1v) is 10.8. The smallest absolute Gasteiger partial charge is 0.234 e. The van der Waals surface area contributed by atoms with Gasteiger partial charge in [-0.3, -0.25) is 4.79 Å². The third-order valence-corrected chi connectivity index (χ3v) is 5.90. The third-order valence-electron chi connectivity index (χ3n) is 4.95. The Hall–Kier alpha value is -3.00. The summed E-state index contributed by atoms with van der Waals surface area (Å²) in [6.07, 6.45) is 2.30. The van der Waals surface area contributed by atoms with E-state index < -0.39 is 0 Å². The lowest BCUT2D eigenvalue weighted by Crippen LogP contribution is -2.21. The van der Waals surface area contributed by atoms with E-state index in [-0.39, 0.29) is 11.7 Å². The summed E-state index contributed by atoms with van der Waals surface area (Å²) < 4.78 is 10.6. The van der Waals surface area contributed by atoms with Gasteiger partial charge in [0.2, 0.25) is 5.91 Å². The van der Waals surface area contributed by atoms with Crippen molar-refractivity contribution in [1.82, 2.24) is 9.97 Å². The molecule has 3 aromatic rings. The first-order chi connectivity index (χ1) is 14.7. The van der Waals surface area contributed by atoms with Crippen LogP contribution in [0.15, 0.2) is 47.5 Å². The molecule has 0 atom stereocenters. The Bertz CT molecular complexity index is 1050. The summed E-state index contributed by atoms with van der Waals surface area (Å²) in [7, 11) is 3.15. The number of hydrogen-bond donors (Lipinski definition) is 1. The number of aromatic nitrogens is 2. The number of nitrogens with zero attached hydrogens (tertiary/aromatic N) is 3. The Morgan fingerprint density at radius 2 is 1.80 bits per heavy atom. The second kappa shape index (κ2) is 9.21. The van der Waals surface area contributed by atoms with Crippen LogP contribution in [0, 0.1) is 0 Å². The van der Waals surface area contributed by atoms with Crippen LogP contribution in [0.4, 0.5) is 11.5 Å². The molecule has 4 rings (SSSR count). The van der Waals surface area contributed by atoms with E-state index in [1.54, 1.807) is 32.4 Å². The van der Waals surface area contributed by atoms with Gasteiger partial charge >= 0.3 is 0 Å². The zero-order chi connectivity index (χ0) is 20.9. The fourth-order valence-electron chi connectivity index (χ4n) is 3.43. The summed E-state index contributed by atoms with van der Waals surface area (Å²) in [4.78, 5) is 24.5. The van der Waals surface area contributed by atoms with Gasteiger partial charge in [0.15, 0.2) is 5.82 Å². The molecule has 0 unspecified atom stereocenters. The third kappa shape index (κ3) is 4.43. The molecule has 1 saturated heterocycles. The fourth-order valence-corrected chi connectivity index (χ4v) is 4.23. The van der Waals surface area contributed by atoms with Crippen molar-refractivity contribution in [1.29, 1.82) is 0 Å². The molecule has 7 nitrogen and oxygen atoms in total. The van der Waals surface area contributed by atoms with E-state index in [0.29, 0.717) is 17.2 Å². The van der Waals surface area contributed by atoms with Crippen molar-refractivity contribution < 1.29 is 14.3 Å². The van der Waals surface area contributed by atoms with Crippen molar-refractivity contribution in [2.24, 2.45) is 0 Å². The molecular formula is C22H24N4O3S. The molecule has 0 saturated carbocycles. The Morgan fingerprint density at radius 3 is 2.50 bits per heavy atom. The van der Waals surface area contributed by atoms with Crippen LogP contribution in [0.1, 0.15) is 12.8 Å². The summed E-state index contributed by atoms with van der Waals surface area (Å²) >= 11 is 1.40. The van der Waals surface area contributed by atoms with Crippen LogP contribution in [0.5, 0.6) is 11.5 Å². The van der Waals surface area contributed by atoms with Crippen LogP contribution < -0.4 is 19.7 Å². The number of nitrogens with one attached hydrogen (secondary N) is 1. The van der Waals surface area contributed by atoms with Gasteiger partial charge in [-0.05, 0) is 37.1 Å². The summed E-state index contributed by atoms with van der Waals surface area (Å²) in [6, 6.07) is 13.1. The number of para-hydroxylation sites is 2. The monoisotopic (exact) mass is 424 g/mol. The van der Waals surface area contributed by atoms with Crippen molar-refractivity contribution in [2.75, 3.05) is 43.3 Å². The number of fused-ring (bicyclic) bond motifs is 1. The highest BCUT2D eigenvalue weighted by molar-refractivity contribution is 8.00. The van der Waals surface area contributed by atoms with E-state index in [1.807, 2.05) is 24.3 Å². The van der Waals surface area contributed by atoms with Crippen molar-refractivity contribution in [3.05, 3.63) is 42.5 Å². The van der Waals surface area contributed by atoms with Gasteiger partial charge in [-0.1, -0.05) is 23.9 Å². The minimum atomic E-state index is -0.134. The Kier molecular flexibility index (Phi) is 6.23. The number of carbonyl (C=O) groups is 1. The molecule has 1 amide bonds. The van der Waals surface area contributed by atoms with Gasteiger partial charge in [0, 0.05) is 19.2 Å². The quantitative estimate of drug-likeness (QED) is 0.575. The maximum absolute atomic E-state index is 12.6. The molecule has 1 fully saturated rings. The SMILES string of the molecule is COc1ccc(NC(=O)CSc2nc3ccccc3nc2N2CCCC2)c(OC)c1. The van der Waals surface area contributed by atoms with Gasteiger partial charge in [-0.25, -0.2) is 9.97 Å². The molecular weight excluding hydrogens is 400 g/mol. The molecule has 30 heavy (non-hydrogen) atoms. The van der Waals surface area contributed by atoms with Crippen LogP contribution in [-0.2, 0) is 4.79 Å². The van der Waals surface area contributed by atoms with Crippen LogP contribution in [0.3, 0.4) is 0 Å². The number of methoxy groups -OCH3 is 2. The second-order valence-electron chi connectivity index (χ2n) is 6.94. The van der Waals surface area contributed by atoms with Crippen molar-refractivity contribution >= 4 is 40.2 Å². The summed E-state index contributed by atoms with van der Waals surface area (Å²) in [6.45, 7) is 1.94. The zero-order valence-corrected chi connectivity index (χ0v) is 17.9. The first kappa shape index (κ1) is 20.3. The number of rotatable bonds is 7. The molecule has 1 N–H and O–H groups in total. The topological polar surface area (TPSA) is 76.6 Å². The molecule has 0 radical (unpaired) electrons. The maximum atomic E-state index is 12.6. The Balaban J connectivity index is 1.51. The van der Waals surface area contributed by atoms with Crippen LogP contribution >= 0.6 is 11.8 Å².